The minimum atomic E-state index is 0.664. The van der Waals surface area contributed by atoms with Crippen molar-refractivity contribution < 1.29 is 0 Å². The number of hydrogen-bond acceptors (Lipinski definition) is 6. The van der Waals surface area contributed by atoms with Crippen molar-refractivity contribution in [2.75, 3.05) is 0 Å². The number of nitrogens with zero attached hydrogens (tertiary/aromatic N) is 7. The predicted molar refractivity (Wildman–Crippen MR) is 271 cm³/mol. The molecule has 0 saturated carbocycles. The molecular weight excluding hydrogens is 819 g/mol. The molecule has 7 nitrogen and oxygen atoms in total. The highest BCUT2D eigenvalue weighted by atomic mass is 15.0. The molecule has 0 unspecified atom stereocenters. The summed E-state index contributed by atoms with van der Waals surface area (Å²) in [6, 6.07) is 77.6. The van der Waals surface area contributed by atoms with Crippen molar-refractivity contribution in [3.05, 3.63) is 237 Å². The Morgan fingerprint density at radius 1 is 0.254 bits per heavy atom. The van der Waals surface area contributed by atoms with Gasteiger partial charge in [-0.1, -0.05) is 152 Å². The molecule has 5 heterocycles. The summed E-state index contributed by atoms with van der Waals surface area (Å²) in [5.74, 6) is 1.33. The van der Waals surface area contributed by atoms with E-state index in [0.29, 0.717) is 11.6 Å². The standard InChI is InChI=1S/C60H39N7/c1-4-14-44(15-5-1)59-63-53(38-55(65-59)51-20-10-12-34-61-51)42-26-22-40(23-27-42)46-30-32-57-49(36-46)50-37-47(31-33-58(50)67(57)48-18-8-3-9-19-48)41-24-28-43(29-25-41)54-39-56(52-21-11-13-35-62-52)66-60(64-54)45-16-6-2-7-17-45/h1-39H. The van der Waals surface area contributed by atoms with Crippen LogP contribution in [-0.2, 0) is 0 Å². The Hall–Kier alpha value is -9.20. The maximum Gasteiger partial charge on any atom is 0.160 e. The molecule has 0 radical (unpaired) electrons. The van der Waals surface area contributed by atoms with Gasteiger partial charge in [-0.25, -0.2) is 19.9 Å². The van der Waals surface area contributed by atoms with Crippen LogP contribution in [0.5, 0.6) is 0 Å². The number of rotatable bonds is 9. The van der Waals surface area contributed by atoms with Crippen molar-refractivity contribution in [1.29, 1.82) is 0 Å². The fourth-order valence-electron chi connectivity index (χ4n) is 8.82. The summed E-state index contributed by atoms with van der Waals surface area (Å²) in [4.78, 5) is 29.1. The molecule has 12 rings (SSSR count). The first-order valence-corrected chi connectivity index (χ1v) is 22.3. The minimum Gasteiger partial charge on any atom is -0.309 e. The summed E-state index contributed by atoms with van der Waals surface area (Å²) in [5, 5.41) is 2.36. The third-order valence-corrected chi connectivity index (χ3v) is 12.2. The van der Waals surface area contributed by atoms with Crippen LogP contribution >= 0.6 is 0 Å². The molecule has 0 aliphatic carbocycles. The fourth-order valence-corrected chi connectivity index (χ4v) is 8.82. The van der Waals surface area contributed by atoms with E-state index in [2.05, 4.69) is 130 Å². The second kappa shape index (κ2) is 17.1. The SMILES string of the molecule is c1ccc(-c2nc(-c3ccc(-c4ccc5c(c4)c4cc(-c6ccc(-c7cc(-c8ccccn8)nc(-c8ccccc8)n7)cc6)ccc4n5-c4ccccc4)cc3)cc(-c3ccccn3)n2)cc1. The number of aromatic nitrogens is 7. The Morgan fingerprint density at radius 2 is 0.627 bits per heavy atom. The van der Waals surface area contributed by atoms with Crippen LogP contribution < -0.4 is 0 Å². The van der Waals surface area contributed by atoms with Gasteiger partial charge >= 0.3 is 0 Å². The molecule has 0 fully saturated rings. The Balaban J connectivity index is 0.916. The van der Waals surface area contributed by atoms with E-state index >= 15 is 0 Å². The van der Waals surface area contributed by atoms with Gasteiger partial charge in [0.25, 0.3) is 0 Å². The van der Waals surface area contributed by atoms with Gasteiger partial charge in [0.05, 0.1) is 45.2 Å². The zero-order chi connectivity index (χ0) is 44.5. The summed E-state index contributed by atoms with van der Waals surface area (Å²) in [6.45, 7) is 0. The first kappa shape index (κ1) is 39.4. The molecule has 0 bridgehead atoms. The molecule has 67 heavy (non-hydrogen) atoms. The van der Waals surface area contributed by atoms with Crippen molar-refractivity contribution in [2.45, 2.75) is 0 Å². The van der Waals surface area contributed by atoms with Crippen molar-refractivity contribution in [3.63, 3.8) is 0 Å². The van der Waals surface area contributed by atoms with Gasteiger partial charge in [0.15, 0.2) is 11.6 Å². The molecule has 0 N–H and O–H groups in total. The third-order valence-electron chi connectivity index (χ3n) is 12.2. The van der Waals surface area contributed by atoms with Crippen LogP contribution in [0.2, 0.25) is 0 Å². The molecule has 314 valence electrons. The van der Waals surface area contributed by atoms with Crippen molar-refractivity contribution in [3.8, 4) is 96.0 Å². The molecule has 5 aromatic heterocycles. The molecule has 0 saturated heterocycles. The molecule has 0 aliphatic heterocycles. The van der Waals surface area contributed by atoms with Crippen LogP contribution in [0.15, 0.2) is 237 Å². The van der Waals surface area contributed by atoms with Gasteiger partial charge in [0.2, 0.25) is 0 Å². The van der Waals surface area contributed by atoms with Crippen LogP contribution in [0.4, 0.5) is 0 Å². The van der Waals surface area contributed by atoms with E-state index in [-0.39, 0.29) is 0 Å². The van der Waals surface area contributed by atoms with Crippen LogP contribution in [0.25, 0.3) is 118 Å². The number of hydrogen-bond donors (Lipinski definition) is 0. The smallest absolute Gasteiger partial charge is 0.160 e. The van der Waals surface area contributed by atoms with Crippen LogP contribution in [0, 0.1) is 0 Å². The first-order valence-electron chi connectivity index (χ1n) is 22.3. The quantitative estimate of drug-likeness (QED) is 0.144. The maximum absolute atomic E-state index is 5.04. The van der Waals surface area contributed by atoms with E-state index < -0.39 is 0 Å². The van der Waals surface area contributed by atoms with E-state index in [1.165, 1.54) is 10.8 Å². The highest BCUT2D eigenvalue weighted by molar-refractivity contribution is 6.11. The van der Waals surface area contributed by atoms with Crippen LogP contribution in [0.1, 0.15) is 0 Å². The van der Waals surface area contributed by atoms with Gasteiger partial charge in [-0.2, -0.15) is 0 Å². The maximum atomic E-state index is 5.04. The normalized spacial score (nSPS) is 11.3. The fraction of sp³-hybridized carbons (Fsp3) is 0. The zero-order valence-corrected chi connectivity index (χ0v) is 36.1. The molecule has 12 aromatic rings. The Labute approximate surface area is 387 Å². The highest BCUT2D eigenvalue weighted by Gasteiger charge is 2.17. The summed E-state index contributed by atoms with van der Waals surface area (Å²) >= 11 is 0. The summed E-state index contributed by atoms with van der Waals surface area (Å²) in [6.07, 6.45) is 3.59. The van der Waals surface area contributed by atoms with Gasteiger partial charge in [-0.15, -0.1) is 0 Å². The Bertz CT molecular complexity index is 3350. The second-order valence-corrected chi connectivity index (χ2v) is 16.4. The lowest BCUT2D eigenvalue weighted by Gasteiger charge is -2.10. The van der Waals surface area contributed by atoms with Crippen LogP contribution in [-0.4, -0.2) is 34.5 Å². The third kappa shape index (κ3) is 7.70. The number of benzene rings is 7. The zero-order valence-electron chi connectivity index (χ0n) is 36.1. The molecule has 7 aromatic carbocycles. The summed E-state index contributed by atoms with van der Waals surface area (Å²) in [7, 11) is 0. The second-order valence-electron chi connectivity index (χ2n) is 16.4. The van der Waals surface area contributed by atoms with Gasteiger partial charge < -0.3 is 4.57 Å². The van der Waals surface area contributed by atoms with Crippen molar-refractivity contribution >= 4 is 21.8 Å². The van der Waals surface area contributed by atoms with E-state index in [1.807, 2.05) is 109 Å². The number of para-hydroxylation sites is 1. The lowest BCUT2D eigenvalue weighted by Crippen LogP contribution is -1.96. The lowest BCUT2D eigenvalue weighted by atomic mass is 9.98. The van der Waals surface area contributed by atoms with Gasteiger partial charge in [0, 0.05) is 51.1 Å². The Kier molecular flexibility index (Phi) is 10.0. The predicted octanol–water partition coefficient (Wildman–Crippen LogP) is 14.5. The summed E-state index contributed by atoms with van der Waals surface area (Å²) in [5.41, 5.74) is 16.7. The average Bonchev–Trinajstić information content (AvgIpc) is 3.75. The Morgan fingerprint density at radius 3 is 1.04 bits per heavy atom. The van der Waals surface area contributed by atoms with Crippen molar-refractivity contribution in [1.82, 2.24) is 34.5 Å². The highest BCUT2D eigenvalue weighted by Crippen LogP contribution is 2.38. The van der Waals surface area contributed by atoms with E-state index in [0.717, 1.165) is 95.4 Å². The van der Waals surface area contributed by atoms with Gasteiger partial charge in [0.1, 0.15) is 0 Å². The largest absolute Gasteiger partial charge is 0.309 e. The van der Waals surface area contributed by atoms with E-state index in [9.17, 15) is 0 Å². The van der Waals surface area contributed by atoms with E-state index in [1.54, 1.807) is 12.4 Å². The summed E-state index contributed by atoms with van der Waals surface area (Å²) < 4.78 is 2.36. The molecule has 7 heteroatoms. The number of pyridine rings is 2. The van der Waals surface area contributed by atoms with Gasteiger partial charge in [-0.05, 0) is 95.1 Å². The molecule has 0 aliphatic rings. The first-order chi connectivity index (χ1) is 33.2. The van der Waals surface area contributed by atoms with Crippen molar-refractivity contribution in [2.24, 2.45) is 0 Å². The lowest BCUT2D eigenvalue weighted by molar-refractivity contribution is 1.16. The van der Waals surface area contributed by atoms with Crippen LogP contribution in [0.3, 0.4) is 0 Å². The average molecular weight is 858 g/mol. The monoisotopic (exact) mass is 857 g/mol. The van der Waals surface area contributed by atoms with Gasteiger partial charge in [-0.3, -0.25) is 9.97 Å². The minimum absolute atomic E-state index is 0.664. The number of fused-ring (bicyclic) bond motifs is 3. The molecular formula is C60H39N7. The molecule has 0 atom stereocenters. The molecule has 0 spiro atoms. The van der Waals surface area contributed by atoms with E-state index in [4.69, 9.17) is 19.9 Å². The molecule has 0 amide bonds. The topological polar surface area (TPSA) is 82.3 Å².